The first-order chi connectivity index (χ1) is 7.97. The summed E-state index contributed by atoms with van der Waals surface area (Å²) in [6.07, 6.45) is 0. The van der Waals surface area contributed by atoms with Gasteiger partial charge in [0.15, 0.2) is 0 Å². The third-order valence-corrected chi connectivity index (χ3v) is 4.15. The molecule has 0 radical (unpaired) electrons. The highest BCUT2D eigenvalue weighted by molar-refractivity contribution is 9.10. The lowest BCUT2D eigenvalue weighted by Crippen LogP contribution is -2.31. The highest BCUT2D eigenvalue weighted by Crippen LogP contribution is 2.18. The van der Waals surface area contributed by atoms with E-state index in [-0.39, 0.29) is 28.3 Å². The van der Waals surface area contributed by atoms with Gasteiger partial charge in [-0.2, -0.15) is 0 Å². The molecule has 8 heteroatoms. The van der Waals surface area contributed by atoms with Crippen LogP contribution < -0.4 is 10.0 Å². The van der Waals surface area contributed by atoms with E-state index in [1.54, 1.807) is 0 Å². The van der Waals surface area contributed by atoms with Crippen LogP contribution >= 0.6 is 28.3 Å². The van der Waals surface area contributed by atoms with Crippen LogP contribution in [0.4, 0.5) is 4.39 Å². The average molecular weight is 362 g/mol. The zero-order valence-corrected chi connectivity index (χ0v) is 13.0. The second kappa shape index (κ2) is 8.06. The number of nitrogens with one attached hydrogen (secondary N) is 2. The molecule has 0 bridgehead atoms. The SMILES string of the molecule is CCNCCNS(=O)(=O)c1ccc(Br)c(F)c1.Cl. The maximum atomic E-state index is 13.2. The molecule has 0 heterocycles. The molecular weight excluding hydrogens is 347 g/mol. The molecule has 1 aromatic rings. The highest BCUT2D eigenvalue weighted by Gasteiger charge is 2.14. The molecule has 104 valence electrons. The minimum atomic E-state index is -3.63. The monoisotopic (exact) mass is 360 g/mol. The number of halogens is 3. The third-order valence-electron chi connectivity index (χ3n) is 2.05. The number of benzene rings is 1. The topological polar surface area (TPSA) is 58.2 Å². The molecule has 4 nitrogen and oxygen atoms in total. The smallest absolute Gasteiger partial charge is 0.240 e. The minimum absolute atomic E-state index is 0. The van der Waals surface area contributed by atoms with Gasteiger partial charge in [0, 0.05) is 13.1 Å². The van der Waals surface area contributed by atoms with Gasteiger partial charge in [-0.25, -0.2) is 17.5 Å². The summed E-state index contributed by atoms with van der Waals surface area (Å²) in [5, 5.41) is 2.98. The first-order valence-corrected chi connectivity index (χ1v) is 7.40. The Labute approximate surface area is 121 Å². The first kappa shape index (κ1) is 17.8. The minimum Gasteiger partial charge on any atom is -0.316 e. The lowest BCUT2D eigenvalue weighted by Gasteiger charge is -2.07. The van der Waals surface area contributed by atoms with Crippen molar-refractivity contribution in [3.63, 3.8) is 0 Å². The largest absolute Gasteiger partial charge is 0.316 e. The standard InChI is InChI=1S/C10H14BrFN2O2S.ClH/c1-2-13-5-6-14-17(15,16)8-3-4-9(11)10(12)7-8;/h3-4,7,13-14H,2,5-6H2,1H3;1H. The van der Waals surface area contributed by atoms with Gasteiger partial charge >= 0.3 is 0 Å². The van der Waals surface area contributed by atoms with Crippen LogP contribution in [-0.2, 0) is 10.0 Å². The zero-order chi connectivity index (χ0) is 12.9. The molecule has 18 heavy (non-hydrogen) atoms. The molecule has 0 saturated heterocycles. The van der Waals surface area contributed by atoms with Crippen LogP contribution in [0.25, 0.3) is 0 Å². The van der Waals surface area contributed by atoms with Crippen LogP contribution in [0.2, 0.25) is 0 Å². The van der Waals surface area contributed by atoms with E-state index in [1.807, 2.05) is 6.92 Å². The van der Waals surface area contributed by atoms with Crippen molar-refractivity contribution in [3.8, 4) is 0 Å². The van der Waals surface area contributed by atoms with Gasteiger partial charge in [-0.15, -0.1) is 12.4 Å². The van der Waals surface area contributed by atoms with E-state index in [0.29, 0.717) is 6.54 Å². The third kappa shape index (κ3) is 5.19. The van der Waals surface area contributed by atoms with Crippen molar-refractivity contribution in [2.45, 2.75) is 11.8 Å². The van der Waals surface area contributed by atoms with Gasteiger partial charge in [0.1, 0.15) is 5.82 Å². The normalized spacial score (nSPS) is 11.1. The zero-order valence-electron chi connectivity index (χ0n) is 9.74. The van der Waals surface area contributed by atoms with Crippen LogP contribution in [0.3, 0.4) is 0 Å². The van der Waals surface area contributed by atoms with Crippen LogP contribution in [0.5, 0.6) is 0 Å². The van der Waals surface area contributed by atoms with Gasteiger partial charge in [-0.3, -0.25) is 0 Å². The molecule has 0 aliphatic carbocycles. The lowest BCUT2D eigenvalue weighted by atomic mass is 10.3. The van der Waals surface area contributed by atoms with Crippen molar-refractivity contribution in [1.29, 1.82) is 0 Å². The van der Waals surface area contributed by atoms with E-state index in [1.165, 1.54) is 12.1 Å². The quantitative estimate of drug-likeness (QED) is 0.761. The van der Waals surface area contributed by atoms with E-state index in [0.717, 1.165) is 12.6 Å². The molecule has 0 unspecified atom stereocenters. The Balaban J connectivity index is 0.00000289. The van der Waals surface area contributed by atoms with Crippen LogP contribution in [0, 0.1) is 5.82 Å². The molecule has 0 amide bonds. The van der Waals surface area contributed by atoms with Gasteiger partial charge in [0.2, 0.25) is 10.0 Å². The number of sulfonamides is 1. The van der Waals surface area contributed by atoms with Crippen LogP contribution in [0.1, 0.15) is 6.92 Å². The summed E-state index contributed by atoms with van der Waals surface area (Å²) in [7, 11) is -3.63. The van der Waals surface area contributed by atoms with Crippen molar-refractivity contribution in [3.05, 3.63) is 28.5 Å². The summed E-state index contributed by atoms with van der Waals surface area (Å²) in [6, 6.07) is 3.70. The number of hydrogen-bond acceptors (Lipinski definition) is 3. The molecule has 0 atom stereocenters. The van der Waals surface area contributed by atoms with E-state index in [4.69, 9.17) is 0 Å². The first-order valence-electron chi connectivity index (χ1n) is 5.13. The average Bonchev–Trinajstić information content (AvgIpc) is 2.28. The fourth-order valence-corrected chi connectivity index (χ4v) is 2.47. The molecule has 0 fully saturated rings. The van der Waals surface area contributed by atoms with Gasteiger partial charge in [-0.05, 0) is 40.7 Å². The summed E-state index contributed by atoms with van der Waals surface area (Å²) in [5.74, 6) is -0.598. The number of rotatable bonds is 6. The van der Waals surface area contributed by atoms with Crippen molar-refractivity contribution >= 4 is 38.4 Å². The summed E-state index contributed by atoms with van der Waals surface area (Å²) >= 11 is 2.97. The molecule has 1 rings (SSSR count). The second-order valence-corrected chi connectivity index (χ2v) is 5.95. The van der Waals surface area contributed by atoms with Crippen LogP contribution in [-0.4, -0.2) is 28.1 Å². The van der Waals surface area contributed by atoms with E-state index in [9.17, 15) is 12.8 Å². The molecule has 0 aromatic heterocycles. The predicted molar refractivity (Wildman–Crippen MR) is 75.1 cm³/mol. The summed E-state index contributed by atoms with van der Waals surface area (Å²) in [5.41, 5.74) is 0. The Morgan fingerprint density at radius 2 is 2.00 bits per heavy atom. The fourth-order valence-electron chi connectivity index (χ4n) is 1.18. The van der Waals surface area contributed by atoms with E-state index >= 15 is 0 Å². The predicted octanol–water partition coefficient (Wildman–Crippen LogP) is 1.90. The highest BCUT2D eigenvalue weighted by atomic mass is 79.9. The molecule has 2 N–H and O–H groups in total. The molecule has 0 spiro atoms. The van der Waals surface area contributed by atoms with Crippen LogP contribution in [0.15, 0.2) is 27.6 Å². The Bertz CT molecular complexity index is 485. The van der Waals surface area contributed by atoms with Gasteiger partial charge < -0.3 is 5.32 Å². The Morgan fingerprint density at radius 1 is 1.33 bits per heavy atom. The van der Waals surface area contributed by atoms with Gasteiger partial charge in [-0.1, -0.05) is 6.92 Å². The molecular formula is C10H15BrClFN2O2S. The Hall–Kier alpha value is -0.210. The van der Waals surface area contributed by atoms with Crippen molar-refractivity contribution in [2.24, 2.45) is 0 Å². The maximum absolute atomic E-state index is 13.2. The number of hydrogen-bond donors (Lipinski definition) is 2. The van der Waals surface area contributed by atoms with Gasteiger partial charge in [0.05, 0.1) is 9.37 Å². The van der Waals surface area contributed by atoms with E-state index < -0.39 is 15.8 Å². The lowest BCUT2D eigenvalue weighted by molar-refractivity contribution is 0.573. The fraction of sp³-hybridized carbons (Fsp3) is 0.400. The summed E-state index contributed by atoms with van der Waals surface area (Å²) in [4.78, 5) is -0.0744. The maximum Gasteiger partial charge on any atom is 0.240 e. The second-order valence-electron chi connectivity index (χ2n) is 3.33. The Kier molecular flexibility index (Phi) is 7.97. The van der Waals surface area contributed by atoms with Crippen molar-refractivity contribution in [1.82, 2.24) is 10.0 Å². The van der Waals surface area contributed by atoms with E-state index in [2.05, 4.69) is 26.0 Å². The van der Waals surface area contributed by atoms with Crippen molar-refractivity contribution < 1.29 is 12.8 Å². The summed E-state index contributed by atoms with van der Waals surface area (Å²) < 4.78 is 39.3. The Morgan fingerprint density at radius 3 is 2.56 bits per heavy atom. The molecule has 0 saturated carbocycles. The van der Waals surface area contributed by atoms with Crippen molar-refractivity contribution in [2.75, 3.05) is 19.6 Å². The molecule has 0 aliphatic rings. The molecule has 1 aromatic carbocycles. The molecule has 0 aliphatic heterocycles. The summed E-state index contributed by atoms with van der Waals surface area (Å²) in [6.45, 7) is 3.51. The van der Waals surface area contributed by atoms with Gasteiger partial charge in [0.25, 0.3) is 0 Å². The number of likely N-dealkylation sites (N-methyl/N-ethyl adjacent to an activating group) is 1.